The maximum atomic E-state index is 14.3. The maximum Gasteiger partial charge on any atom is 0.338 e. The third-order valence-electron chi connectivity index (χ3n) is 9.67. The van der Waals surface area contributed by atoms with Gasteiger partial charge in [0.15, 0.2) is 12.3 Å². The number of aliphatic hydroxyl groups is 1. The van der Waals surface area contributed by atoms with E-state index in [9.17, 15) is 24.3 Å². The van der Waals surface area contributed by atoms with Crippen molar-refractivity contribution in [1.29, 1.82) is 0 Å². The fraction of sp³-hybridized carbons (Fsp3) is 0.643. The molecule has 4 heterocycles. The summed E-state index contributed by atoms with van der Waals surface area (Å²) in [5.41, 5.74) is -5.86. The summed E-state index contributed by atoms with van der Waals surface area (Å²) >= 11 is 0. The van der Waals surface area contributed by atoms with Gasteiger partial charge in [0.25, 0.3) is 5.91 Å². The van der Waals surface area contributed by atoms with E-state index in [4.69, 9.17) is 14.2 Å². The zero-order valence-electron chi connectivity index (χ0n) is 22.5. The van der Waals surface area contributed by atoms with E-state index >= 15 is 0 Å². The molecule has 39 heavy (non-hydrogen) atoms. The zero-order valence-corrected chi connectivity index (χ0v) is 22.5. The van der Waals surface area contributed by atoms with Crippen LogP contribution < -0.4 is 5.32 Å². The van der Waals surface area contributed by atoms with Crippen LogP contribution >= 0.6 is 0 Å². The molecule has 1 aliphatic carbocycles. The molecule has 0 radical (unpaired) electrons. The molecule has 5 fully saturated rings. The van der Waals surface area contributed by atoms with E-state index in [-0.39, 0.29) is 24.9 Å². The molecule has 6 rings (SSSR count). The lowest BCUT2D eigenvalue weighted by Crippen LogP contribution is -2.66. The molecule has 5 aliphatic rings. The number of esters is 3. The van der Waals surface area contributed by atoms with Gasteiger partial charge in [-0.3, -0.25) is 19.3 Å². The summed E-state index contributed by atoms with van der Waals surface area (Å²) in [7, 11) is 0. The summed E-state index contributed by atoms with van der Waals surface area (Å²) in [5, 5.41) is 16.0. The first kappa shape index (κ1) is 26.2. The second-order valence-electron chi connectivity index (χ2n) is 12.3. The van der Waals surface area contributed by atoms with Gasteiger partial charge in [-0.25, -0.2) is 4.79 Å². The molecule has 4 aliphatic heterocycles. The molecule has 11 nitrogen and oxygen atoms in total. The summed E-state index contributed by atoms with van der Waals surface area (Å²) in [5.74, 6) is -2.61. The fourth-order valence-corrected chi connectivity index (χ4v) is 7.76. The lowest BCUT2D eigenvalue weighted by Gasteiger charge is -2.51. The van der Waals surface area contributed by atoms with E-state index < -0.39 is 64.1 Å². The molecular formula is C28H35N3O8. The van der Waals surface area contributed by atoms with Crippen LogP contribution in [-0.4, -0.2) is 102 Å². The normalized spacial score (nSPS) is 37.8. The summed E-state index contributed by atoms with van der Waals surface area (Å²) in [6.07, 6.45) is -4.23. The van der Waals surface area contributed by atoms with Crippen molar-refractivity contribution in [1.82, 2.24) is 15.1 Å². The number of hydrogen-bond donors (Lipinski definition) is 2. The molecule has 1 aromatic carbocycles. The number of likely N-dealkylation sites (tertiary alicyclic amines) is 1. The van der Waals surface area contributed by atoms with Crippen LogP contribution in [0.5, 0.6) is 0 Å². The smallest absolute Gasteiger partial charge is 0.338 e. The average molecular weight is 542 g/mol. The van der Waals surface area contributed by atoms with Crippen molar-refractivity contribution in [2.24, 2.45) is 16.2 Å². The van der Waals surface area contributed by atoms with E-state index in [2.05, 4.69) is 10.2 Å². The minimum atomic E-state index is -1.76. The van der Waals surface area contributed by atoms with Crippen LogP contribution in [0.1, 0.15) is 44.0 Å². The van der Waals surface area contributed by atoms with Crippen molar-refractivity contribution in [2.75, 3.05) is 39.3 Å². The highest BCUT2D eigenvalue weighted by molar-refractivity contribution is 5.99. The number of piperazine rings is 1. The van der Waals surface area contributed by atoms with Crippen molar-refractivity contribution in [3.8, 4) is 0 Å². The summed E-state index contributed by atoms with van der Waals surface area (Å²) in [4.78, 5) is 57.8. The lowest BCUT2D eigenvalue weighted by atomic mass is 9.52. The highest BCUT2D eigenvalue weighted by Crippen LogP contribution is 2.76. The number of hydrogen-bond acceptors (Lipinski definition) is 10. The number of ether oxygens (including phenoxy) is 3. The molecule has 2 spiro atoms. The second-order valence-corrected chi connectivity index (χ2v) is 12.3. The van der Waals surface area contributed by atoms with Gasteiger partial charge in [-0.1, -0.05) is 39.0 Å². The zero-order chi connectivity index (χ0) is 27.8. The van der Waals surface area contributed by atoms with Crippen LogP contribution in [0, 0.1) is 16.2 Å². The topological polar surface area (TPSA) is 135 Å². The molecule has 1 aromatic rings. The summed E-state index contributed by atoms with van der Waals surface area (Å²) < 4.78 is 17.6. The van der Waals surface area contributed by atoms with Crippen LogP contribution in [0.3, 0.4) is 0 Å². The second kappa shape index (κ2) is 8.74. The number of nitrogens with zero attached hydrogens (tertiary/aromatic N) is 2. The molecule has 2 N–H and O–H groups in total. The summed E-state index contributed by atoms with van der Waals surface area (Å²) in [6, 6.07) is 8.25. The predicted octanol–water partition coefficient (Wildman–Crippen LogP) is 0.312. The first-order valence-electron chi connectivity index (χ1n) is 13.6. The predicted molar refractivity (Wildman–Crippen MR) is 135 cm³/mol. The number of nitrogens with one attached hydrogen (secondary N) is 1. The molecule has 210 valence electrons. The molecule has 0 bridgehead atoms. The Morgan fingerprint density at radius 3 is 2.46 bits per heavy atom. The molecule has 4 saturated heterocycles. The Morgan fingerprint density at radius 1 is 1.10 bits per heavy atom. The van der Waals surface area contributed by atoms with Crippen molar-refractivity contribution in [3.05, 3.63) is 35.9 Å². The van der Waals surface area contributed by atoms with Crippen LogP contribution in [0.2, 0.25) is 0 Å². The van der Waals surface area contributed by atoms with Gasteiger partial charge in [-0.05, 0) is 17.5 Å². The Bertz CT molecular complexity index is 1210. The third kappa shape index (κ3) is 3.32. The molecular weight excluding hydrogens is 506 g/mol. The van der Waals surface area contributed by atoms with E-state index in [1.54, 1.807) is 30.3 Å². The van der Waals surface area contributed by atoms with Crippen molar-refractivity contribution in [2.45, 2.75) is 57.6 Å². The monoisotopic (exact) mass is 541 g/mol. The number of carbonyl (C=O) groups excluding carboxylic acids is 4. The molecule has 1 unspecified atom stereocenters. The van der Waals surface area contributed by atoms with E-state index in [0.717, 1.165) is 26.2 Å². The van der Waals surface area contributed by atoms with Crippen LogP contribution in [0.25, 0.3) is 0 Å². The molecule has 11 heteroatoms. The Kier molecular flexibility index (Phi) is 5.87. The Hall–Kier alpha value is -3.02. The minimum Gasteiger partial charge on any atom is -0.461 e. The van der Waals surface area contributed by atoms with Gasteiger partial charge in [0.2, 0.25) is 0 Å². The first-order chi connectivity index (χ1) is 18.5. The Morgan fingerprint density at radius 2 is 1.79 bits per heavy atom. The summed E-state index contributed by atoms with van der Waals surface area (Å²) in [6.45, 7) is 9.37. The SMILES string of the molecule is CC(C)(C)[C@]1(O)C[C@@H]2OC(=O)C[C@@]23C(=O)O[C@@H]2N(CCN4CCNCC4)C(=O)[C@H](OC(=O)c4ccccc4)C213. The number of rotatable bonds is 5. The van der Waals surface area contributed by atoms with Crippen molar-refractivity contribution >= 4 is 23.8 Å². The van der Waals surface area contributed by atoms with Gasteiger partial charge in [0.05, 0.1) is 17.6 Å². The largest absolute Gasteiger partial charge is 0.461 e. The van der Waals surface area contributed by atoms with E-state index in [1.807, 2.05) is 20.8 Å². The highest BCUT2D eigenvalue weighted by Gasteiger charge is 2.93. The third-order valence-corrected chi connectivity index (χ3v) is 9.67. The van der Waals surface area contributed by atoms with Gasteiger partial charge in [-0.2, -0.15) is 0 Å². The van der Waals surface area contributed by atoms with Crippen LogP contribution in [0.15, 0.2) is 30.3 Å². The minimum absolute atomic E-state index is 0.0772. The van der Waals surface area contributed by atoms with Gasteiger partial charge < -0.3 is 29.5 Å². The Labute approximate surface area is 226 Å². The number of amides is 1. The molecule has 0 aromatic heterocycles. The van der Waals surface area contributed by atoms with E-state index in [0.29, 0.717) is 6.54 Å². The van der Waals surface area contributed by atoms with Gasteiger partial charge in [-0.15, -0.1) is 0 Å². The van der Waals surface area contributed by atoms with Crippen molar-refractivity contribution in [3.63, 3.8) is 0 Å². The standard InChI is InChI=1S/C28H35N3O8/c1-25(2,3)27(36)15-18-26(16-19(32)37-18)24(35)39-23-28(26,27)20(38-22(34)17-7-5-4-6-8-17)21(33)31(23)14-13-30-11-9-29-10-12-30/h4-8,18,20,23,29,36H,9-16H2,1-3H3/t18-,20-,23-,26-,27+,28?/m0/s1. The highest BCUT2D eigenvalue weighted by atomic mass is 16.6. The van der Waals surface area contributed by atoms with Crippen LogP contribution in [-0.2, 0) is 28.6 Å². The molecule has 1 amide bonds. The number of carbonyl (C=O) groups is 4. The lowest BCUT2D eigenvalue weighted by molar-refractivity contribution is -0.212. The maximum absolute atomic E-state index is 14.3. The van der Waals surface area contributed by atoms with E-state index in [1.165, 1.54) is 4.90 Å². The molecule has 1 saturated carbocycles. The molecule has 6 atom stereocenters. The fourth-order valence-electron chi connectivity index (χ4n) is 7.76. The van der Waals surface area contributed by atoms with Gasteiger partial charge >= 0.3 is 17.9 Å². The van der Waals surface area contributed by atoms with Crippen molar-refractivity contribution < 1.29 is 38.5 Å². The Balaban J connectivity index is 1.49. The average Bonchev–Trinajstić information content (AvgIpc) is 3.51. The van der Waals surface area contributed by atoms with Crippen LogP contribution in [0.4, 0.5) is 0 Å². The number of benzene rings is 1. The quantitative estimate of drug-likeness (QED) is 0.396. The van der Waals surface area contributed by atoms with Gasteiger partial charge in [0, 0.05) is 45.7 Å². The van der Waals surface area contributed by atoms with Gasteiger partial charge in [0.1, 0.15) is 16.9 Å². The first-order valence-corrected chi connectivity index (χ1v) is 13.6.